The molecule has 0 spiro atoms. The molecule has 1 amide bonds. The predicted octanol–water partition coefficient (Wildman–Crippen LogP) is 1.20. The van der Waals surface area contributed by atoms with Crippen molar-refractivity contribution in [2.45, 2.75) is 26.8 Å². The molecule has 1 N–H and O–H groups in total. The topological polar surface area (TPSA) is 55.4 Å². The highest BCUT2D eigenvalue weighted by Gasteiger charge is 2.18. The molecule has 0 saturated heterocycles. The number of amides is 1. The molecule has 4 heteroatoms. The summed E-state index contributed by atoms with van der Waals surface area (Å²) in [5, 5.41) is 2.40. The molecule has 4 nitrogen and oxygen atoms in total. The van der Waals surface area contributed by atoms with E-state index in [9.17, 15) is 9.59 Å². The van der Waals surface area contributed by atoms with Gasteiger partial charge in [0.15, 0.2) is 5.78 Å². The third kappa shape index (κ3) is 3.37. The Bertz CT molecular complexity index is 182. The van der Waals surface area contributed by atoms with E-state index in [4.69, 9.17) is 0 Å². The first-order valence-electron chi connectivity index (χ1n) is 3.87. The Kier molecular flexibility index (Phi) is 4.33. The van der Waals surface area contributed by atoms with E-state index in [-0.39, 0.29) is 13.1 Å². The van der Waals surface area contributed by atoms with Crippen molar-refractivity contribution < 1.29 is 15.8 Å². The van der Waals surface area contributed by atoms with Crippen molar-refractivity contribution in [1.82, 2.24) is 5.32 Å². The van der Waals surface area contributed by atoms with Crippen LogP contribution in [0.4, 0.5) is 4.79 Å². The fourth-order valence-electron chi connectivity index (χ4n) is 0.807. The van der Waals surface area contributed by atoms with Crippen LogP contribution in [0.15, 0.2) is 0 Å². The molecule has 0 bridgehead atoms. The molecule has 0 aromatic carbocycles. The Morgan fingerprint density at radius 1 is 1.33 bits per heavy atom. The molecule has 0 aliphatic carbocycles. The second-order valence-electron chi connectivity index (χ2n) is 2.91. The van der Waals surface area contributed by atoms with Gasteiger partial charge in [-0.1, -0.05) is 13.8 Å². The number of carbonyl (C=O) groups excluding carboxylic acids is 2. The van der Waals surface area contributed by atoms with E-state index in [1.807, 2.05) is 0 Å². The second-order valence-corrected chi connectivity index (χ2v) is 2.91. The molecule has 1 unspecified atom stereocenters. The van der Waals surface area contributed by atoms with E-state index in [1.165, 1.54) is 7.11 Å². The molecule has 0 heterocycles. The van der Waals surface area contributed by atoms with Crippen LogP contribution in [0.25, 0.3) is 0 Å². The Morgan fingerprint density at radius 2 is 1.83 bits per heavy atom. The monoisotopic (exact) mass is 175 g/mol. The maximum Gasteiger partial charge on any atom is 0.407 e. The number of ketones is 1. The zero-order chi connectivity index (χ0) is 9.72. The summed E-state index contributed by atoms with van der Waals surface area (Å²) in [5.41, 5.74) is 0. The van der Waals surface area contributed by atoms with Crippen molar-refractivity contribution in [3.05, 3.63) is 0 Å². The van der Waals surface area contributed by atoms with Crippen LogP contribution in [0.2, 0.25) is 0 Å². The van der Waals surface area contributed by atoms with Gasteiger partial charge in [0.2, 0.25) is 0 Å². The molecule has 0 radical (unpaired) electrons. The summed E-state index contributed by atoms with van der Waals surface area (Å²) >= 11 is 0. The zero-order valence-electron chi connectivity index (χ0n) is 7.88. The van der Waals surface area contributed by atoms with Gasteiger partial charge in [-0.15, -0.1) is 0 Å². The van der Waals surface area contributed by atoms with Gasteiger partial charge in [0, 0.05) is 7.34 Å². The summed E-state index contributed by atoms with van der Waals surface area (Å²) in [5.74, 6) is -0.0717. The van der Waals surface area contributed by atoms with Gasteiger partial charge < -0.3 is 10.1 Å². The van der Waals surface area contributed by atoms with E-state index in [1.54, 1.807) is 20.8 Å². The van der Waals surface area contributed by atoms with E-state index >= 15 is 0 Å². The molecular weight excluding hydrogens is 158 g/mol. The van der Waals surface area contributed by atoms with Gasteiger partial charge in [-0.2, -0.15) is 0 Å². The number of Topliss-reactive ketones (excluding diaryl/α,β-unsaturated/α-hetero) is 1. The van der Waals surface area contributed by atoms with Crippen LogP contribution in [0.5, 0.6) is 0 Å². The average Bonchev–Trinajstić information content (AvgIpc) is 2.02. The van der Waals surface area contributed by atoms with Crippen molar-refractivity contribution in [3.63, 3.8) is 0 Å². The standard InChI is InChI=1S/C8H15NO3.H2/c1-5(2)7(10)6(3)9-8(11)12-4;/h5-6H,1-4H3,(H,9,11);1H. The average molecular weight is 175 g/mol. The van der Waals surface area contributed by atoms with Gasteiger partial charge >= 0.3 is 6.09 Å². The van der Waals surface area contributed by atoms with Crippen LogP contribution in [-0.2, 0) is 9.53 Å². The summed E-state index contributed by atoms with van der Waals surface area (Å²) in [6, 6.07) is -0.475. The van der Waals surface area contributed by atoms with Crippen molar-refractivity contribution in [2.24, 2.45) is 5.92 Å². The predicted molar refractivity (Wildman–Crippen MR) is 47.0 cm³/mol. The molecule has 0 fully saturated rings. The lowest BCUT2D eigenvalue weighted by atomic mass is 10.0. The molecule has 1 atom stereocenters. The third-order valence-electron chi connectivity index (χ3n) is 1.52. The highest BCUT2D eigenvalue weighted by Crippen LogP contribution is 1.98. The first-order chi connectivity index (χ1) is 5.49. The van der Waals surface area contributed by atoms with Crippen molar-refractivity contribution in [2.75, 3.05) is 7.11 Å². The van der Waals surface area contributed by atoms with E-state index in [0.29, 0.717) is 0 Å². The normalized spacial score (nSPS) is 12.4. The largest absolute Gasteiger partial charge is 0.453 e. The Balaban J connectivity index is 0. The number of carbonyl (C=O) groups is 2. The lowest BCUT2D eigenvalue weighted by Crippen LogP contribution is -2.40. The Hall–Kier alpha value is -1.06. The van der Waals surface area contributed by atoms with E-state index < -0.39 is 12.1 Å². The fraction of sp³-hybridized carbons (Fsp3) is 0.750. The maximum atomic E-state index is 11.2. The van der Waals surface area contributed by atoms with Gasteiger partial charge in [-0.05, 0) is 6.92 Å². The van der Waals surface area contributed by atoms with Gasteiger partial charge in [0.1, 0.15) is 0 Å². The van der Waals surface area contributed by atoms with Gasteiger partial charge in [-0.3, -0.25) is 4.79 Å². The summed E-state index contributed by atoms with van der Waals surface area (Å²) in [4.78, 5) is 21.9. The van der Waals surface area contributed by atoms with Crippen molar-refractivity contribution in [1.29, 1.82) is 0 Å². The fourth-order valence-corrected chi connectivity index (χ4v) is 0.807. The highest BCUT2D eigenvalue weighted by atomic mass is 16.5. The molecule has 0 aliphatic heterocycles. The van der Waals surface area contributed by atoms with E-state index in [0.717, 1.165) is 0 Å². The number of nitrogens with one attached hydrogen (secondary N) is 1. The number of hydrogen-bond donors (Lipinski definition) is 1. The molecule has 0 saturated carbocycles. The highest BCUT2D eigenvalue weighted by molar-refractivity contribution is 5.88. The number of methoxy groups -OCH3 is 1. The van der Waals surface area contributed by atoms with Gasteiger partial charge in [0.05, 0.1) is 13.2 Å². The molecule has 0 aliphatic rings. The van der Waals surface area contributed by atoms with Gasteiger partial charge in [0.25, 0.3) is 0 Å². The first kappa shape index (κ1) is 10.9. The molecule has 0 rings (SSSR count). The Labute approximate surface area is 73.8 Å². The lowest BCUT2D eigenvalue weighted by molar-refractivity contribution is -0.123. The minimum absolute atomic E-state index is 0. The van der Waals surface area contributed by atoms with Crippen LogP contribution >= 0.6 is 0 Å². The van der Waals surface area contributed by atoms with Crippen LogP contribution in [0.1, 0.15) is 22.2 Å². The number of ether oxygens (including phenoxy) is 1. The van der Waals surface area contributed by atoms with Crippen molar-refractivity contribution >= 4 is 11.9 Å². The van der Waals surface area contributed by atoms with Crippen LogP contribution in [0, 0.1) is 5.92 Å². The van der Waals surface area contributed by atoms with Crippen LogP contribution in [-0.4, -0.2) is 25.0 Å². The quantitative estimate of drug-likeness (QED) is 0.701. The number of rotatable bonds is 3. The minimum Gasteiger partial charge on any atom is -0.453 e. The maximum absolute atomic E-state index is 11.2. The Morgan fingerprint density at radius 3 is 2.17 bits per heavy atom. The molecule has 72 valence electrons. The number of alkyl carbamates (subject to hydrolysis) is 1. The summed E-state index contributed by atoms with van der Waals surface area (Å²) in [6.07, 6.45) is -0.573. The van der Waals surface area contributed by atoms with Crippen LogP contribution in [0.3, 0.4) is 0 Å². The summed E-state index contributed by atoms with van der Waals surface area (Å²) in [6.45, 7) is 5.22. The van der Waals surface area contributed by atoms with Crippen molar-refractivity contribution in [3.8, 4) is 0 Å². The van der Waals surface area contributed by atoms with Crippen LogP contribution < -0.4 is 5.32 Å². The first-order valence-corrected chi connectivity index (χ1v) is 3.87. The third-order valence-corrected chi connectivity index (χ3v) is 1.52. The SMILES string of the molecule is COC(=O)NC(C)C(=O)C(C)C.[HH]. The van der Waals surface area contributed by atoms with E-state index in [2.05, 4.69) is 10.1 Å². The number of hydrogen-bond acceptors (Lipinski definition) is 3. The molecule has 0 aromatic heterocycles. The lowest BCUT2D eigenvalue weighted by Gasteiger charge is -2.13. The zero-order valence-corrected chi connectivity index (χ0v) is 7.88. The molecular formula is C8H17NO3. The molecule has 12 heavy (non-hydrogen) atoms. The second kappa shape index (κ2) is 4.74. The smallest absolute Gasteiger partial charge is 0.407 e. The summed E-state index contributed by atoms with van der Waals surface area (Å²) in [7, 11) is 1.27. The molecule has 0 aromatic rings. The minimum atomic E-state index is -0.573. The summed E-state index contributed by atoms with van der Waals surface area (Å²) < 4.78 is 4.35. The van der Waals surface area contributed by atoms with Gasteiger partial charge in [-0.25, -0.2) is 4.79 Å².